The molecule has 0 spiro atoms. The predicted octanol–water partition coefficient (Wildman–Crippen LogP) is 1.84. The van der Waals surface area contributed by atoms with E-state index in [1.54, 1.807) is 0 Å². The van der Waals surface area contributed by atoms with Gasteiger partial charge >= 0.3 is 0 Å². The van der Waals surface area contributed by atoms with E-state index in [9.17, 15) is 0 Å². The van der Waals surface area contributed by atoms with Crippen LogP contribution in [0.1, 0.15) is 46.5 Å². The van der Waals surface area contributed by atoms with Crippen molar-refractivity contribution in [2.45, 2.75) is 58.0 Å². The minimum Gasteiger partial charge on any atom is -0.314 e. The molecule has 0 amide bonds. The third-order valence-corrected chi connectivity index (χ3v) is 3.55. The standard InChI is InChI=1S/C14H31N3/c1-14(2,3)16-10-9-15-11-12-17(4)13-7-5-6-8-13/h13,15-16H,5-12H2,1-4H3. The molecule has 0 radical (unpaired) electrons. The molecule has 1 fully saturated rings. The van der Waals surface area contributed by atoms with Gasteiger partial charge in [0, 0.05) is 37.8 Å². The first-order valence-electron chi connectivity index (χ1n) is 7.15. The van der Waals surface area contributed by atoms with Crippen LogP contribution in [0.3, 0.4) is 0 Å². The van der Waals surface area contributed by atoms with Crippen LogP contribution in [-0.4, -0.2) is 49.7 Å². The monoisotopic (exact) mass is 241 g/mol. The quantitative estimate of drug-likeness (QED) is 0.666. The van der Waals surface area contributed by atoms with Gasteiger partial charge in [-0.2, -0.15) is 0 Å². The lowest BCUT2D eigenvalue weighted by Gasteiger charge is -2.24. The highest BCUT2D eigenvalue weighted by atomic mass is 15.1. The van der Waals surface area contributed by atoms with Crippen molar-refractivity contribution in [2.75, 3.05) is 33.2 Å². The van der Waals surface area contributed by atoms with Gasteiger partial charge in [-0.05, 0) is 40.7 Å². The second-order valence-electron chi connectivity index (χ2n) is 6.35. The highest BCUT2D eigenvalue weighted by molar-refractivity contribution is 4.75. The SMILES string of the molecule is CN(CCNCCNC(C)(C)C)C1CCCC1. The van der Waals surface area contributed by atoms with Crippen LogP contribution in [0.2, 0.25) is 0 Å². The Bertz CT molecular complexity index is 192. The summed E-state index contributed by atoms with van der Waals surface area (Å²) in [5.74, 6) is 0. The molecule has 17 heavy (non-hydrogen) atoms. The molecular formula is C14H31N3. The summed E-state index contributed by atoms with van der Waals surface area (Å²) in [7, 11) is 2.27. The van der Waals surface area contributed by atoms with E-state index in [0.717, 1.165) is 25.7 Å². The molecule has 3 nitrogen and oxygen atoms in total. The van der Waals surface area contributed by atoms with Gasteiger partial charge in [0.2, 0.25) is 0 Å². The van der Waals surface area contributed by atoms with E-state index in [1.165, 1.54) is 32.2 Å². The fourth-order valence-corrected chi connectivity index (χ4v) is 2.43. The molecule has 0 aromatic heterocycles. The molecule has 1 saturated carbocycles. The first-order chi connectivity index (χ1) is 7.99. The summed E-state index contributed by atoms with van der Waals surface area (Å²) in [4.78, 5) is 2.52. The largest absolute Gasteiger partial charge is 0.314 e. The van der Waals surface area contributed by atoms with Crippen molar-refractivity contribution in [1.29, 1.82) is 0 Å². The molecule has 1 aliphatic carbocycles. The van der Waals surface area contributed by atoms with Gasteiger partial charge in [-0.3, -0.25) is 0 Å². The summed E-state index contributed by atoms with van der Waals surface area (Å²) in [5, 5.41) is 7.00. The Kier molecular flexibility index (Phi) is 6.45. The highest BCUT2D eigenvalue weighted by Crippen LogP contribution is 2.21. The van der Waals surface area contributed by atoms with Gasteiger partial charge in [0.1, 0.15) is 0 Å². The zero-order chi connectivity index (χ0) is 12.7. The van der Waals surface area contributed by atoms with Crippen molar-refractivity contribution < 1.29 is 0 Å². The van der Waals surface area contributed by atoms with Gasteiger partial charge in [-0.15, -0.1) is 0 Å². The average Bonchev–Trinajstić information content (AvgIpc) is 2.74. The highest BCUT2D eigenvalue weighted by Gasteiger charge is 2.18. The zero-order valence-corrected chi connectivity index (χ0v) is 12.2. The van der Waals surface area contributed by atoms with Crippen molar-refractivity contribution in [3.05, 3.63) is 0 Å². The molecule has 0 bridgehead atoms. The van der Waals surface area contributed by atoms with Crippen LogP contribution in [0, 0.1) is 0 Å². The topological polar surface area (TPSA) is 27.3 Å². The molecule has 1 aliphatic rings. The number of hydrogen-bond acceptors (Lipinski definition) is 3. The molecule has 0 unspecified atom stereocenters. The number of nitrogens with one attached hydrogen (secondary N) is 2. The number of hydrogen-bond donors (Lipinski definition) is 2. The lowest BCUT2D eigenvalue weighted by molar-refractivity contribution is 0.245. The third-order valence-electron chi connectivity index (χ3n) is 3.55. The van der Waals surface area contributed by atoms with Gasteiger partial charge in [-0.25, -0.2) is 0 Å². The molecule has 1 rings (SSSR count). The normalized spacial score (nSPS) is 18.2. The van der Waals surface area contributed by atoms with E-state index in [0.29, 0.717) is 0 Å². The Morgan fingerprint density at radius 3 is 2.29 bits per heavy atom. The van der Waals surface area contributed by atoms with Crippen LogP contribution < -0.4 is 10.6 Å². The Hall–Kier alpha value is -0.120. The van der Waals surface area contributed by atoms with Gasteiger partial charge < -0.3 is 15.5 Å². The molecule has 0 aliphatic heterocycles. The van der Waals surface area contributed by atoms with Crippen LogP contribution in [-0.2, 0) is 0 Å². The average molecular weight is 241 g/mol. The van der Waals surface area contributed by atoms with Gasteiger partial charge in [-0.1, -0.05) is 12.8 Å². The Balaban J connectivity index is 1.93. The van der Waals surface area contributed by atoms with Crippen LogP contribution in [0.25, 0.3) is 0 Å². The molecule has 0 aromatic carbocycles. The number of nitrogens with zero attached hydrogens (tertiary/aromatic N) is 1. The minimum absolute atomic E-state index is 0.238. The maximum Gasteiger partial charge on any atom is 0.0107 e. The van der Waals surface area contributed by atoms with E-state index >= 15 is 0 Å². The fourth-order valence-electron chi connectivity index (χ4n) is 2.43. The number of rotatable bonds is 7. The summed E-state index contributed by atoms with van der Waals surface area (Å²) in [6.45, 7) is 11.0. The van der Waals surface area contributed by atoms with Crippen molar-refractivity contribution in [3.63, 3.8) is 0 Å². The Morgan fingerprint density at radius 2 is 1.71 bits per heavy atom. The summed E-state index contributed by atoms with van der Waals surface area (Å²) in [5.41, 5.74) is 0.238. The van der Waals surface area contributed by atoms with Crippen molar-refractivity contribution in [2.24, 2.45) is 0 Å². The molecule has 0 atom stereocenters. The molecule has 0 saturated heterocycles. The first-order valence-corrected chi connectivity index (χ1v) is 7.15. The predicted molar refractivity (Wildman–Crippen MR) is 75.5 cm³/mol. The number of likely N-dealkylation sites (N-methyl/N-ethyl adjacent to an activating group) is 1. The maximum absolute atomic E-state index is 3.51. The zero-order valence-electron chi connectivity index (χ0n) is 12.2. The van der Waals surface area contributed by atoms with Crippen LogP contribution >= 0.6 is 0 Å². The van der Waals surface area contributed by atoms with E-state index in [-0.39, 0.29) is 5.54 Å². The van der Waals surface area contributed by atoms with Crippen LogP contribution in [0.15, 0.2) is 0 Å². The second-order valence-corrected chi connectivity index (χ2v) is 6.35. The van der Waals surface area contributed by atoms with Crippen molar-refractivity contribution in [1.82, 2.24) is 15.5 Å². The minimum atomic E-state index is 0.238. The van der Waals surface area contributed by atoms with E-state index < -0.39 is 0 Å². The van der Waals surface area contributed by atoms with Gasteiger partial charge in [0.15, 0.2) is 0 Å². The van der Waals surface area contributed by atoms with Crippen molar-refractivity contribution in [3.8, 4) is 0 Å². The summed E-state index contributed by atoms with van der Waals surface area (Å²) in [6.07, 6.45) is 5.67. The molecule has 3 heteroatoms. The van der Waals surface area contributed by atoms with Crippen LogP contribution in [0.5, 0.6) is 0 Å². The second kappa shape index (κ2) is 7.34. The molecular weight excluding hydrogens is 210 g/mol. The molecule has 102 valence electrons. The van der Waals surface area contributed by atoms with Crippen molar-refractivity contribution >= 4 is 0 Å². The maximum atomic E-state index is 3.51. The van der Waals surface area contributed by atoms with Crippen LogP contribution in [0.4, 0.5) is 0 Å². The Labute approximate surface area is 107 Å². The molecule has 2 N–H and O–H groups in total. The smallest absolute Gasteiger partial charge is 0.0107 e. The fraction of sp³-hybridized carbons (Fsp3) is 1.00. The van der Waals surface area contributed by atoms with E-state index in [4.69, 9.17) is 0 Å². The summed E-state index contributed by atoms with van der Waals surface area (Å²) < 4.78 is 0. The van der Waals surface area contributed by atoms with Gasteiger partial charge in [0.25, 0.3) is 0 Å². The van der Waals surface area contributed by atoms with E-state index in [1.807, 2.05) is 0 Å². The lowest BCUT2D eigenvalue weighted by Crippen LogP contribution is -2.42. The first kappa shape index (κ1) is 14.9. The summed E-state index contributed by atoms with van der Waals surface area (Å²) >= 11 is 0. The van der Waals surface area contributed by atoms with E-state index in [2.05, 4.69) is 43.4 Å². The summed E-state index contributed by atoms with van der Waals surface area (Å²) in [6, 6.07) is 0.851. The molecule has 0 aromatic rings. The Morgan fingerprint density at radius 1 is 1.06 bits per heavy atom. The van der Waals surface area contributed by atoms with Gasteiger partial charge in [0.05, 0.1) is 0 Å². The molecule has 0 heterocycles. The third kappa shape index (κ3) is 7.02. The lowest BCUT2D eigenvalue weighted by atomic mass is 10.1.